The van der Waals surface area contributed by atoms with Crippen LogP contribution >= 0.6 is 11.3 Å². The third kappa shape index (κ3) is 1.84. The molecule has 0 aromatic carbocycles. The predicted molar refractivity (Wildman–Crippen MR) is 72.8 cm³/mol. The average molecular weight is 259 g/mol. The van der Waals surface area contributed by atoms with Gasteiger partial charge in [-0.1, -0.05) is 0 Å². The van der Waals surface area contributed by atoms with Gasteiger partial charge in [0, 0.05) is 12.4 Å². The van der Waals surface area contributed by atoms with Crippen LogP contribution in [0.1, 0.15) is 24.4 Å². The molecule has 3 aromatic rings. The third-order valence-corrected chi connectivity index (χ3v) is 3.91. The van der Waals surface area contributed by atoms with Gasteiger partial charge >= 0.3 is 0 Å². The van der Waals surface area contributed by atoms with Gasteiger partial charge in [0.2, 0.25) is 0 Å². The summed E-state index contributed by atoms with van der Waals surface area (Å²) < 4.78 is 1.09. The number of aryl methyl sites for hydroxylation is 1. The summed E-state index contributed by atoms with van der Waals surface area (Å²) in [6, 6.07) is 0.0838. The molecule has 0 amide bonds. The molecule has 3 rings (SSSR count). The van der Waals surface area contributed by atoms with Crippen molar-refractivity contribution in [3.63, 3.8) is 0 Å². The molecule has 1 unspecified atom stereocenters. The first-order valence-corrected chi connectivity index (χ1v) is 6.58. The SMILES string of the molecule is Cc1csc2c(NC(C)c3ncc[nH]3)ncnc12. The highest BCUT2D eigenvalue weighted by molar-refractivity contribution is 7.18. The Morgan fingerprint density at radius 3 is 3.00 bits per heavy atom. The van der Waals surface area contributed by atoms with Crippen molar-refractivity contribution in [1.82, 2.24) is 19.9 Å². The first kappa shape index (κ1) is 11.2. The minimum absolute atomic E-state index is 0.0838. The van der Waals surface area contributed by atoms with Crippen molar-refractivity contribution < 1.29 is 0 Å². The Hall–Kier alpha value is -1.95. The standard InChI is InChI=1S/C12H13N5S/c1-7-5-18-10-9(7)15-6-16-12(10)17-8(2)11-13-3-4-14-11/h3-6,8H,1-2H3,(H,13,14)(H,15,16,17). The molecular weight excluding hydrogens is 246 g/mol. The number of rotatable bonds is 3. The Morgan fingerprint density at radius 1 is 1.33 bits per heavy atom. The van der Waals surface area contributed by atoms with E-state index in [4.69, 9.17) is 0 Å². The maximum Gasteiger partial charge on any atom is 0.148 e. The third-order valence-electron chi connectivity index (χ3n) is 2.81. The summed E-state index contributed by atoms with van der Waals surface area (Å²) in [4.78, 5) is 16.0. The molecule has 2 N–H and O–H groups in total. The maximum absolute atomic E-state index is 4.32. The van der Waals surface area contributed by atoms with E-state index in [2.05, 4.69) is 37.6 Å². The molecule has 0 bridgehead atoms. The summed E-state index contributed by atoms with van der Waals surface area (Å²) >= 11 is 1.66. The Balaban J connectivity index is 1.95. The van der Waals surface area contributed by atoms with Crippen LogP contribution in [0.5, 0.6) is 0 Å². The summed E-state index contributed by atoms with van der Waals surface area (Å²) in [5.74, 6) is 1.76. The minimum Gasteiger partial charge on any atom is -0.359 e. The van der Waals surface area contributed by atoms with Crippen LogP contribution in [0.3, 0.4) is 0 Å². The van der Waals surface area contributed by atoms with E-state index in [1.54, 1.807) is 23.9 Å². The number of fused-ring (bicyclic) bond motifs is 1. The van der Waals surface area contributed by atoms with Crippen LogP contribution in [0.2, 0.25) is 0 Å². The molecule has 3 heterocycles. The van der Waals surface area contributed by atoms with Crippen LogP contribution in [-0.2, 0) is 0 Å². The van der Waals surface area contributed by atoms with Gasteiger partial charge in [-0.15, -0.1) is 11.3 Å². The smallest absolute Gasteiger partial charge is 0.148 e. The van der Waals surface area contributed by atoms with Crippen LogP contribution in [0.25, 0.3) is 10.2 Å². The lowest BCUT2D eigenvalue weighted by Crippen LogP contribution is -2.09. The molecule has 0 aliphatic carbocycles. The van der Waals surface area contributed by atoms with Gasteiger partial charge in [-0.3, -0.25) is 0 Å². The van der Waals surface area contributed by atoms with E-state index in [0.717, 1.165) is 21.9 Å². The molecule has 0 spiro atoms. The maximum atomic E-state index is 4.32. The van der Waals surface area contributed by atoms with Crippen LogP contribution < -0.4 is 5.32 Å². The molecule has 92 valence electrons. The van der Waals surface area contributed by atoms with Gasteiger partial charge in [-0.05, 0) is 24.8 Å². The normalized spacial score (nSPS) is 12.8. The zero-order valence-corrected chi connectivity index (χ0v) is 11.0. The highest BCUT2D eigenvalue weighted by Gasteiger charge is 2.12. The zero-order chi connectivity index (χ0) is 12.5. The summed E-state index contributed by atoms with van der Waals surface area (Å²) in [6.07, 6.45) is 5.16. The van der Waals surface area contributed by atoms with Crippen molar-refractivity contribution in [2.24, 2.45) is 0 Å². The van der Waals surface area contributed by atoms with E-state index in [9.17, 15) is 0 Å². The molecular formula is C12H13N5S. The molecule has 6 heteroatoms. The second kappa shape index (κ2) is 4.38. The number of thiophene rings is 1. The number of anilines is 1. The van der Waals surface area contributed by atoms with Crippen molar-refractivity contribution in [2.75, 3.05) is 5.32 Å². The molecule has 0 aliphatic heterocycles. The van der Waals surface area contributed by atoms with Crippen molar-refractivity contribution in [3.8, 4) is 0 Å². The van der Waals surface area contributed by atoms with E-state index < -0.39 is 0 Å². The number of aromatic nitrogens is 4. The Bertz CT molecular complexity index is 658. The fourth-order valence-corrected chi connectivity index (χ4v) is 2.81. The van der Waals surface area contributed by atoms with Crippen LogP contribution in [0.4, 0.5) is 5.82 Å². The van der Waals surface area contributed by atoms with Gasteiger partial charge in [0.1, 0.15) is 18.0 Å². The highest BCUT2D eigenvalue weighted by Crippen LogP contribution is 2.30. The Morgan fingerprint density at radius 2 is 2.22 bits per heavy atom. The average Bonchev–Trinajstić information content (AvgIpc) is 3.00. The number of hydrogen-bond donors (Lipinski definition) is 2. The fraction of sp³-hybridized carbons (Fsp3) is 0.250. The first-order valence-electron chi connectivity index (χ1n) is 5.70. The topological polar surface area (TPSA) is 66.5 Å². The van der Waals surface area contributed by atoms with Crippen molar-refractivity contribution in [3.05, 3.63) is 35.5 Å². The monoisotopic (exact) mass is 259 g/mol. The van der Waals surface area contributed by atoms with Gasteiger partial charge < -0.3 is 10.3 Å². The number of hydrogen-bond acceptors (Lipinski definition) is 5. The largest absolute Gasteiger partial charge is 0.359 e. The van der Waals surface area contributed by atoms with Crippen LogP contribution in [0.15, 0.2) is 24.1 Å². The summed E-state index contributed by atoms with van der Waals surface area (Å²) in [5, 5.41) is 5.47. The van der Waals surface area contributed by atoms with Crippen molar-refractivity contribution >= 4 is 27.4 Å². The second-order valence-electron chi connectivity index (χ2n) is 4.16. The fourth-order valence-electron chi connectivity index (χ4n) is 1.86. The molecule has 5 nitrogen and oxygen atoms in total. The predicted octanol–water partition coefficient (Wildman–Crippen LogP) is 2.90. The molecule has 0 radical (unpaired) electrons. The molecule has 0 saturated heterocycles. The molecule has 18 heavy (non-hydrogen) atoms. The molecule has 3 aromatic heterocycles. The zero-order valence-electron chi connectivity index (χ0n) is 10.1. The minimum atomic E-state index is 0.0838. The highest BCUT2D eigenvalue weighted by atomic mass is 32.1. The first-order chi connectivity index (χ1) is 8.75. The van der Waals surface area contributed by atoms with E-state index in [0.29, 0.717) is 0 Å². The lowest BCUT2D eigenvalue weighted by atomic mass is 10.3. The van der Waals surface area contributed by atoms with Gasteiger partial charge in [0.25, 0.3) is 0 Å². The molecule has 0 fully saturated rings. The lowest BCUT2D eigenvalue weighted by Gasteiger charge is -2.12. The van der Waals surface area contributed by atoms with E-state index in [1.165, 1.54) is 5.56 Å². The van der Waals surface area contributed by atoms with Crippen molar-refractivity contribution in [1.29, 1.82) is 0 Å². The van der Waals surface area contributed by atoms with Crippen LogP contribution in [-0.4, -0.2) is 19.9 Å². The molecule has 0 aliphatic rings. The number of imidazole rings is 1. The Labute approximate surface area is 108 Å². The quantitative estimate of drug-likeness (QED) is 0.759. The summed E-state index contributed by atoms with van der Waals surface area (Å²) in [5.41, 5.74) is 2.20. The van der Waals surface area contributed by atoms with E-state index in [1.807, 2.05) is 13.1 Å². The summed E-state index contributed by atoms with van der Waals surface area (Å²) in [7, 11) is 0. The molecule has 0 saturated carbocycles. The number of H-pyrrole nitrogens is 1. The van der Waals surface area contributed by atoms with Crippen molar-refractivity contribution in [2.45, 2.75) is 19.9 Å². The Kier molecular flexibility index (Phi) is 2.71. The van der Waals surface area contributed by atoms with Gasteiger partial charge in [0.05, 0.1) is 16.3 Å². The van der Waals surface area contributed by atoms with Crippen LogP contribution in [0, 0.1) is 6.92 Å². The number of nitrogens with zero attached hydrogens (tertiary/aromatic N) is 3. The lowest BCUT2D eigenvalue weighted by molar-refractivity contribution is 0.805. The van der Waals surface area contributed by atoms with Gasteiger partial charge in [-0.25, -0.2) is 15.0 Å². The second-order valence-corrected chi connectivity index (χ2v) is 5.04. The summed E-state index contributed by atoms with van der Waals surface area (Å²) in [6.45, 7) is 4.11. The van der Waals surface area contributed by atoms with E-state index in [-0.39, 0.29) is 6.04 Å². The van der Waals surface area contributed by atoms with Gasteiger partial charge in [0.15, 0.2) is 0 Å². The molecule has 1 atom stereocenters. The van der Waals surface area contributed by atoms with Gasteiger partial charge in [-0.2, -0.15) is 0 Å². The number of nitrogens with one attached hydrogen (secondary N) is 2. The number of aromatic amines is 1. The van der Waals surface area contributed by atoms with E-state index >= 15 is 0 Å².